The average Bonchev–Trinajstić information content (AvgIpc) is 2.99. The molecule has 1 aromatic rings. The Balaban J connectivity index is 1.58. The molecule has 3 nitrogen and oxygen atoms in total. The minimum atomic E-state index is 0.759. The number of rotatable bonds is 5. The number of thioether (sulfide) groups is 1. The fraction of sp³-hybridized carbons (Fsp3) is 0.750. The minimum Gasteiger partial charge on any atom is -0.319 e. The molecule has 1 atom stereocenters. The van der Waals surface area contributed by atoms with E-state index in [1.54, 1.807) is 0 Å². The standard InChI is InChI=1S/C16H25N3S/c1-17-9-12-6-7-15-13(8-12)10-18-16(19-15)11-20-14-4-2-3-5-14/h10,12,14,17H,2-9,11H2,1H3. The third kappa shape index (κ3) is 3.53. The number of aromatic nitrogens is 2. The molecule has 4 heteroatoms. The van der Waals surface area contributed by atoms with Gasteiger partial charge in [-0.05, 0) is 57.2 Å². The zero-order chi connectivity index (χ0) is 13.8. The highest BCUT2D eigenvalue weighted by atomic mass is 32.2. The first-order chi connectivity index (χ1) is 9.85. The van der Waals surface area contributed by atoms with Crippen molar-refractivity contribution in [2.45, 2.75) is 55.9 Å². The van der Waals surface area contributed by atoms with Crippen molar-refractivity contribution in [3.05, 3.63) is 23.3 Å². The van der Waals surface area contributed by atoms with Gasteiger partial charge < -0.3 is 5.32 Å². The van der Waals surface area contributed by atoms with Gasteiger partial charge in [-0.1, -0.05) is 12.8 Å². The van der Waals surface area contributed by atoms with E-state index >= 15 is 0 Å². The quantitative estimate of drug-likeness (QED) is 0.905. The molecule has 0 bridgehead atoms. The number of fused-ring (bicyclic) bond motifs is 1. The van der Waals surface area contributed by atoms with Crippen molar-refractivity contribution < 1.29 is 0 Å². The monoisotopic (exact) mass is 291 g/mol. The van der Waals surface area contributed by atoms with Gasteiger partial charge in [0.25, 0.3) is 0 Å². The third-order valence-corrected chi connectivity index (χ3v) is 5.91. The molecule has 0 saturated heterocycles. The molecule has 110 valence electrons. The van der Waals surface area contributed by atoms with Gasteiger partial charge in [0.1, 0.15) is 5.82 Å². The summed E-state index contributed by atoms with van der Waals surface area (Å²) < 4.78 is 0. The molecule has 3 rings (SSSR count). The van der Waals surface area contributed by atoms with Crippen LogP contribution in [-0.2, 0) is 18.6 Å². The van der Waals surface area contributed by atoms with Gasteiger partial charge in [0.05, 0.1) is 5.75 Å². The van der Waals surface area contributed by atoms with Crippen LogP contribution in [-0.4, -0.2) is 28.8 Å². The van der Waals surface area contributed by atoms with E-state index < -0.39 is 0 Å². The van der Waals surface area contributed by atoms with Crippen molar-refractivity contribution in [2.75, 3.05) is 13.6 Å². The van der Waals surface area contributed by atoms with Crippen LogP contribution >= 0.6 is 11.8 Å². The molecule has 2 aliphatic carbocycles. The maximum absolute atomic E-state index is 4.82. The van der Waals surface area contributed by atoms with Gasteiger partial charge in [0, 0.05) is 17.1 Å². The Bertz CT molecular complexity index is 443. The normalized spacial score (nSPS) is 22.9. The van der Waals surface area contributed by atoms with E-state index in [9.17, 15) is 0 Å². The lowest BCUT2D eigenvalue weighted by Gasteiger charge is -2.23. The second-order valence-corrected chi connectivity index (χ2v) is 7.43. The summed E-state index contributed by atoms with van der Waals surface area (Å²) in [6, 6.07) is 0. The average molecular weight is 291 g/mol. The zero-order valence-corrected chi connectivity index (χ0v) is 13.2. The lowest BCUT2D eigenvalue weighted by Crippen LogP contribution is -2.25. The van der Waals surface area contributed by atoms with Crippen molar-refractivity contribution in [3.8, 4) is 0 Å². The molecule has 0 aromatic carbocycles. The van der Waals surface area contributed by atoms with Gasteiger partial charge in [-0.25, -0.2) is 9.97 Å². The molecule has 1 aromatic heterocycles. The Morgan fingerprint density at radius 1 is 1.30 bits per heavy atom. The smallest absolute Gasteiger partial charge is 0.138 e. The van der Waals surface area contributed by atoms with E-state index in [1.165, 1.54) is 43.4 Å². The van der Waals surface area contributed by atoms with E-state index in [-0.39, 0.29) is 0 Å². The SMILES string of the molecule is CNCC1CCc2nc(CSC3CCCC3)ncc2C1. The highest BCUT2D eigenvalue weighted by Gasteiger charge is 2.20. The second kappa shape index (κ2) is 6.90. The fourth-order valence-electron chi connectivity index (χ4n) is 3.40. The van der Waals surface area contributed by atoms with E-state index in [4.69, 9.17) is 4.98 Å². The van der Waals surface area contributed by atoms with Crippen molar-refractivity contribution in [1.82, 2.24) is 15.3 Å². The molecule has 1 fully saturated rings. The number of aryl methyl sites for hydroxylation is 1. The highest BCUT2D eigenvalue weighted by Crippen LogP contribution is 2.31. The Labute approximate surface area is 126 Å². The van der Waals surface area contributed by atoms with Crippen LogP contribution in [0.5, 0.6) is 0 Å². The Morgan fingerprint density at radius 2 is 2.15 bits per heavy atom. The lowest BCUT2D eigenvalue weighted by molar-refractivity contribution is 0.433. The maximum Gasteiger partial charge on any atom is 0.138 e. The molecule has 1 unspecified atom stereocenters. The maximum atomic E-state index is 4.82. The third-order valence-electron chi connectivity index (χ3n) is 4.55. The molecule has 0 spiro atoms. The summed E-state index contributed by atoms with van der Waals surface area (Å²) in [6.07, 6.45) is 11.2. The highest BCUT2D eigenvalue weighted by molar-refractivity contribution is 7.99. The van der Waals surface area contributed by atoms with Crippen molar-refractivity contribution >= 4 is 11.8 Å². The molecule has 20 heavy (non-hydrogen) atoms. The molecule has 0 aliphatic heterocycles. The topological polar surface area (TPSA) is 37.8 Å². The summed E-state index contributed by atoms with van der Waals surface area (Å²) in [4.78, 5) is 9.41. The Hall–Kier alpha value is -0.610. The largest absolute Gasteiger partial charge is 0.319 e. The van der Waals surface area contributed by atoms with E-state index in [0.717, 1.165) is 42.1 Å². The zero-order valence-electron chi connectivity index (χ0n) is 12.4. The number of nitrogens with zero attached hydrogens (tertiary/aromatic N) is 2. The molecular formula is C16H25N3S. The first-order valence-corrected chi connectivity index (χ1v) is 9.00. The van der Waals surface area contributed by atoms with E-state index in [2.05, 4.69) is 28.3 Å². The van der Waals surface area contributed by atoms with Gasteiger partial charge in [-0.3, -0.25) is 0 Å². The van der Waals surface area contributed by atoms with Crippen molar-refractivity contribution in [2.24, 2.45) is 5.92 Å². The molecule has 1 saturated carbocycles. The first-order valence-electron chi connectivity index (χ1n) is 7.95. The number of hydrogen-bond acceptors (Lipinski definition) is 4. The Morgan fingerprint density at radius 3 is 2.95 bits per heavy atom. The Kier molecular flexibility index (Phi) is 4.94. The molecule has 0 radical (unpaired) electrons. The second-order valence-electron chi connectivity index (χ2n) is 6.14. The van der Waals surface area contributed by atoms with Gasteiger partial charge in [0.15, 0.2) is 0 Å². The van der Waals surface area contributed by atoms with Crippen LogP contribution in [0.2, 0.25) is 0 Å². The fourth-order valence-corrected chi connectivity index (χ4v) is 4.59. The van der Waals surface area contributed by atoms with Gasteiger partial charge in [-0.2, -0.15) is 11.8 Å². The van der Waals surface area contributed by atoms with Crippen molar-refractivity contribution in [1.29, 1.82) is 0 Å². The summed E-state index contributed by atoms with van der Waals surface area (Å²) in [7, 11) is 2.04. The lowest BCUT2D eigenvalue weighted by atomic mass is 9.87. The van der Waals surface area contributed by atoms with Crippen LogP contribution in [0.4, 0.5) is 0 Å². The first kappa shape index (κ1) is 14.3. The van der Waals surface area contributed by atoms with Gasteiger partial charge in [-0.15, -0.1) is 0 Å². The van der Waals surface area contributed by atoms with Gasteiger partial charge >= 0.3 is 0 Å². The predicted octanol–water partition coefficient (Wildman–Crippen LogP) is 2.98. The van der Waals surface area contributed by atoms with Crippen molar-refractivity contribution in [3.63, 3.8) is 0 Å². The minimum absolute atomic E-state index is 0.759. The summed E-state index contributed by atoms with van der Waals surface area (Å²) in [5.41, 5.74) is 2.69. The molecule has 1 heterocycles. The van der Waals surface area contributed by atoms with Gasteiger partial charge in [0.2, 0.25) is 0 Å². The number of hydrogen-bond donors (Lipinski definition) is 1. The van der Waals surface area contributed by atoms with Crippen LogP contribution in [0.15, 0.2) is 6.20 Å². The predicted molar refractivity (Wildman–Crippen MR) is 85.0 cm³/mol. The van der Waals surface area contributed by atoms with Crippen LogP contribution in [0.1, 0.15) is 49.2 Å². The van der Waals surface area contributed by atoms with Crippen LogP contribution in [0, 0.1) is 5.92 Å². The summed E-state index contributed by atoms with van der Waals surface area (Å²) in [6.45, 7) is 1.11. The summed E-state index contributed by atoms with van der Waals surface area (Å²) >= 11 is 2.06. The van der Waals surface area contributed by atoms with E-state index in [0.29, 0.717) is 0 Å². The van der Waals surface area contributed by atoms with Crippen LogP contribution in [0.3, 0.4) is 0 Å². The summed E-state index contributed by atoms with van der Waals surface area (Å²) in [5.74, 6) is 2.81. The van der Waals surface area contributed by atoms with Crippen LogP contribution in [0.25, 0.3) is 0 Å². The molecular weight excluding hydrogens is 266 g/mol. The number of nitrogens with one attached hydrogen (secondary N) is 1. The molecule has 1 N–H and O–H groups in total. The van der Waals surface area contributed by atoms with E-state index in [1.807, 2.05) is 7.05 Å². The molecule has 2 aliphatic rings. The van der Waals surface area contributed by atoms with Crippen LogP contribution < -0.4 is 5.32 Å². The summed E-state index contributed by atoms with van der Waals surface area (Å²) in [5, 5.41) is 4.14. The molecule has 0 amide bonds.